The van der Waals surface area contributed by atoms with Gasteiger partial charge in [-0.1, -0.05) is 42.5 Å². The molecule has 0 aliphatic rings. The Bertz CT molecular complexity index is 925. The second-order valence-corrected chi connectivity index (χ2v) is 6.01. The molecular weight excluding hydrogens is 302 g/mol. The largest absolute Gasteiger partial charge is 0.337 e. The minimum Gasteiger partial charge on any atom is -0.337 e. The third kappa shape index (κ3) is 2.73. The van der Waals surface area contributed by atoms with Crippen LogP contribution < -0.4 is 5.69 Å². The maximum absolute atomic E-state index is 12.7. The molecule has 0 aliphatic heterocycles. The van der Waals surface area contributed by atoms with Gasteiger partial charge in [-0.05, 0) is 24.6 Å². The molecule has 0 N–H and O–H groups in total. The molecule has 0 saturated carbocycles. The number of rotatable bonds is 4. The van der Waals surface area contributed by atoms with Crippen LogP contribution >= 0.6 is 0 Å². The predicted octanol–water partition coefficient (Wildman–Crippen LogP) is 2.56. The van der Waals surface area contributed by atoms with Gasteiger partial charge in [-0.25, -0.2) is 4.79 Å². The highest BCUT2D eigenvalue weighted by Crippen LogP contribution is 2.19. The van der Waals surface area contributed by atoms with Gasteiger partial charge in [0.15, 0.2) is 0 Å². The van der Waals surface area contributed by atoms with Crippen LogP contribution in [0.3, 0.4) is 0 Å². The fourth-order valence-corrected chi connectivity index (χ4v) is 2.93. The summed E-state index contributed by atoms with van der Waals surface area (Å²) in [5.41, 5.74) is 2.50. The van der Waals surface area contributed by atoms with E-state index in [4.69, 9.17) is 0 Å². The Kier molecular flexibility index (Phi) is 4.25. The van der Waals surface area contributed by atoms with Crippen LogP contribution in [-0.4, -0.2) is 27.0 Å². The smallest absolute Gasteiger partial charge is 0.329 e. The molecular formula is C19H21N3O2. The second-order valence-electron chi connectivity index (χ2n) is 6.01. The van der Waals surface area contributed by atoms with Crippen LogP contribution in [0.4, 0.5) is 0 Å². The van der Waals surface area contributed by atoms with Gasteiger partial charge in [0.1, 0.15) is 6.54 Å². The van der Waals surface area contributed by atoms with E-state index < -0.39 is 0 Å². The topological polar surface area (TPSA) is 47.2 Å². The predicted molar refractivity (Wildman–Crippen MR) is 94.8 cm³/mol. The van der Waals surface area contributed by atoms with Crippen molar-refractivity contribution in [2.75, 3.05) is 7.05 Å². The summed E-state index contributed by atoms with van der Waals surface area (Å²) >= 11 is 0. The van der Waals surface area contributed by atoms with Crippen molar-refractivity contribution in [3.05, 3.63) is 70.6 Å². The van der Waals surface area contributed by atoms with E-state index in [0.29, 0.717) is 0 Å². The van der Waals surface area contributed by atoms with Crippen molar-refractivity contribution >= 4 is 16.9 Å². The molecule has 5 heteroatoms. The van der Waals surface area contributed by atoms with E-state index in [1.165, 1.54) is 4.57 Å². The summed E-state index contributed by atoms with van der Waals surface area (Å²) in [7, 11) is 3.50. The van der Waals surface area contributed by atoms with E-state index >= 15 is 0 Å². The van der Waals surface area contributed by atoms with Gasteiger partial charge in [-0.2, -0.15) is 0 Å². The summed E-state index contributed by atoms with van der Waals surface area (Å²) in [5, 5.41) is 0. The van der Waals surface area contributed by atoms with Crippen LogP contribution in [0.25, 0.3) is 11.0 Å². The summed E-state index contributed by atoms with van der Waals surface area (Å²) in [6.45, 7) is 2.02. The number of likely N-dealkylation sites (N-methyl/N-ethyl adjacent to an activating group) is 1. The molecule has 3 rings (SSSR count). The Morgan fingerprint density at radius 1 is 1.04 bits per heavy atom. The molecule has 124 valence electrons. The maximum Gasteiger partial charge on any atom is 0.329 e. The highest BCUT2D eigenvalue weighted by Gasteiger charge is 2.20. The number of benzene rings is 2. The Hall–Kier alpha value is -2.82. The molecule has 1 atom stereocenters. The Balaban J connectivity index is 1.88. The lowest BCUT2D eigenvalue weighted by molar-refractivity contribution is -0.132. The van der Waals surface area contributed by atoms with Crippen molar-refractivity contribution < 1.29 is 4.79 Å². The second kappa shape index (κ2) is 6.35. The van der Waals surface area contributed by atoms with Gasteiger partial charge < -0.3 is 4.90 Å². The van der Waals surface area contributed by atoms with Crippen molar-refractivity contribution in [1.29, 1.82) is 0 Å². The molecule has 1 amide bonds. The van der Waals surface area contributed by atoms with Crippen molar-refractivity contribution in [3.8, 4) is 0 Å². The van der Waals surface area contributed by atoms with Gasteiger partial charge in [0, 0.05) is 14.1 Å². The Morgan fingerprint density at radius 3 is 2.29 bits per heavy atom. The number of aryl methyl sites for hydroxylation is 1. The van der Waals surface area contributed by atoms with Gasteiger partial charge in [0.05, 0.1) is 17.1 Å². The number of fused-ring (bicyclic) bond motifs is 1. The van der Waals surface area contributed by atoms with E-state index in [1.54, 1.807) is 23.6 Å². The first-order valence-corrected chi connectivity index (χ1v) is 7.95. The molecule has 24 heavy (non-hydrogen) atoms. The lowest BCUT2D eigenvalue weighted by Gasteiger charge is -2.25. The van der Waals surface area contributed by atoms with Gasteiger partial charge in [0.25, 0.3) is 0 Å². The first-order chi connectivity index (χ1) is 11.5. The lowest BCUT2D eigenvalue weighted by Crippen LogP contribution is -2.35. The van der Waals surface area contributed by atoms with Crippen molar-refractivity contribution in [2.45, 2.75) is 19.5 Å². The van der Waals surface area contributed by atoms with Crippen LogP contribution in [0.15, 0.2) is 59.4 Å². The summed E-state index contributed by atoms with van der Waals surface area (Å²) < 4.78 is 3.11. The van der Waals surface area contributed by atoms with Gasteiger partial charge in [0.2, 0.25) is 5.91 Å². The number of para-hydroxylation sites is 2. The molecule has 0 spiro atoms. The lowest BCUT2D eigenvalue weighted by atomic mass is 10.1. The first-order valence-electron chi connectivity index (χ1n) is 7.95. The molecule has 1 heterocycles. The summed E-state index contributed by atoms with van der Waals surface area (Å²) in [5.74, 6) is -0.0928. The number of hydrogen-bond donors (Lipinski definition) is 0. The minimum absolute atomic E-state index is 0.0356. The third-order valence-corrected chi connectivity index (χ3v) is 4.60. The van der Waals surface area contributed by atoms with Gasteiger partial charge in [-0.3, -0.25) is 13.9 Å². The quantitative estimate of drug-likeness (QED) is 0.741. The number of hydrogen-bond acceptors (Lipinski definition) is 2. The zero-order valence-electron chi connectivity index (χ0n) is 14.1. The van der Waals surface area contributed by atoms with E-state index in [2.05, 4.69) is 0 Å². The van der Waals surface area contributed by atoms with Crippen LogP contribution in [-0.2, 0) is 18.4 Å². The van der Waals surface area contributed by atoms with E-state index in [1.807, 2.05) is 61.5 Å². The molecule has 0 saturated heterocycles. The molecule has 0 aliphatic carbocycles. The average molecular weight is 323 g/mol. The summed E-state index contributed by atoms with van der Waals surface area (Å²) in [4.78, 5) is 26.8. The van der Waals surface area contributed by atoms with Gasteiger partial charge in [-0.15, -0.1) is 0 Å². The van der Waals surface area contributed by atoms with Gasteiger partial charge >= 0.3 is 5.69 Å². The molecule has 0 fully saturated rings. The number of aromatic nitrogens is 2. The summed E-state index contributed by atoms with van der Waals surface area (Å²) in [6, 6.07) is 17.3. The molecule has 1 unspecified atom stereocenters. The summed E-state index contributed by atoms with van der Waals surface area (Å²) in [6.07, 6.45) is 0. The Labute approximate surface area is 140 Å². The SMILES string of the molecule is CC(c1ccccc1)N(C)C(=O)Cn1c(=O)n(C)c2ccccc21. The van der Waals surface area contributed by atoms with Crippen LogP contribution in [0.2, 0.25) is 0 Å². The maximum atomic E-state index is 12.7. The van der Waals surface area contributed by atoms with E-state index in [9.17, 15) is 9.59 Å². The number of carbonyl (C=O) groups is 1. The molecule has 2 aromatic carbocycles. The minimum atomic E-state index is -0.176. The fourth-order valence-electron chi connectivity index (χ4n) is 2.93. The number of nitrogens with zero attached hydrogens (tertiary/aromatic N) is 3. The fraction of sp³-hybridized carbons (Fsp3) is 0.263. The Morgan fingerprint density at radius 2 is 1.62 bits per heavy atom. The monoisotopic (exact) mass is 323 g/mol. The van der Waals surface area contributed by atoms with E-state index in [-0.39, 0.29) is 24.2 Å². The molecule has 3 aromatic rings. The molecule has 0 radical (unpaired) electrons. The highest BCUT2D eigenvalue weighted by molar-refractivity contribution is 5.81. The van der Waals surface area contributed by atoms with Crippen molar-refractivity contribution in [3.63, 3.8) is 0 Å². The zero-order valence-corrected chi connectivity index (χ0v) is 14.1. The zero-order chi connectivity index (χ0) is 17.3. The van der Waals surface area contributed by atoms with Crippen molar-refractivity contribution in [2.24, 2.45) is 7.05 Å². The highest BCUT2D eigenvalue weighted by atomic mass is 16.2. The van der Waals surface area contributed by atoms with E-state index in [0.717, 1.165) is 16.6 Å². The van der Waals surface area contributed by atoms with Crippen LogP contribution in [0, 0.1) is 0 Å². The van der Waals surface area contributed by atoms with Crippen LogP contribution in [0.5, 0.6) is 0 Å². The molecule has 1 aromatic heterocycles. The number of carbonyl (C=O) groups excluding carboxylic acids is 1. The molecule has 5 nitrogen and oxygen atoms in total. The van der Waals surface area contributed by atoms with Crippen molar-refractivity contribution in [1.82, 2.24) is 14.0 Å². The third-order valence-electron chi connectivity index (χ3n) is 4.60. The average Bonchev–Trinajstić information content (AvgIpc) is 2.86. The molecule has 0 bridgehead atoms. The standard InChI is InChI=1S/C19H21N3O2/c1-14(15-9-5-4-6-10-15)20(2)18(23)13-22-17-12-8-7-11-16(17)21(3)19(22)24/h4-12,14H,13H2,1-3H3. The van der Waals surface area contributed by atoms with Crippen LogP contribution in [0.1, 0.15) is 18.5 Å². The normalized spacial score (nSPS) is 12.3. The number of imidazole rings is 1. The first kappa shape index (κ1) is 16.1. The number of amides is 1.